The Kier molecular flexibility index (Phi) is 7.31. The molecule has 0 bridgehead atoms. The highest BCUT2D eigenvalue weighted by molar-refractivity contribution is 7.89. The van der Waals surface area contributed by atoms with Gasteiger partial charge in [0.15, 0.2) is 12.4 Å². The van der Waals surface area contributed by atoms with E-state index in [0.717, 1.165) is 5.56 Å². The number of carbonyl (C=O) groups excluding carboxylic acids is 3. The van der Waals surface area contributed by atoms with Crippen molar-refractivity contribution in [2.45, 2.75) is 24.8 Å². The smallest absolute Gasteiger partial charge is 0.324 e. The quantitative estimate of drug-likeness (QED) is 0.602. The number of carbonyl (C=O) groups is 3. The van der Waals surface area contributed by atoms with Gasteiger partial charge in [0.25, 0.3) is 11.8 Å². The third kappa shape index (κ3) is 5.74. The summed E-state index contributed by atoms with van der Waals surface area (Å²) in [5, 5.41) is 0. The Balaban J connectivity index is 1.45. The fourth-order valence-corrected chi connectivity index (χ4v) is 4.32. The molecule has 32 heavy (non-hydrogen) atoms. The second-order valence-corrected chi connectivity index (χ2v) is 9.13. The lowest BCUT2D eigenvalue weighted by atomic mass is 10.2. The lowest BCUT2D eigenvalue weighted by Crippen LogP contribution is -2.51. The van der Waals surface area contributed by atoms with Crippen LogP contribution in [0, 0.1) is 6.92 Å². The number of aryl methyl sites for hydroxylation is 1. The molecular weight excluding hydrogens is 438 g/mol. The number of hydrogen-bond donors (Lipinski definition) is 1. The van der Waals surface area contributed by atoms with Gasteiger partial charge in [-0.05, 0) is 38.1 Å². The number of piperazine rings is 1. The molecule has 2 heterocycles. The van der Waals surface area contributed by atoms with Crippen molar-refractivity contribution < 1.29 is 32.0 Å². The highest BCUT2D eigenvalue weighted by Crippen LogP contribution is 2.12. The van der Waals surface area contributed by atoms with E-state index in [1.807, 2.05) is 6.92 Å². The Morgan fingerprint density at radius 2 is 1.69 bits per heavy atom. The van der Waals surface area contributed by atoms with Crippen LogP contribution < -0.4 is 4.72 Å². The van der Waals surface area contributed by atoms with Crippen LogP contribution in [-0.4, -0.2) is 74.8 Å². The number of ether oxygens (including phenoxy) is 1. The monoisotopic (exact) mass is 463 g/mol. The van der Waals surface area contributed by atoms with E-state index >= 15 is 0 Å². The summed E-state index contributed by atoms with van der Waals surface area (Å²) in [4.78, 5) is 39.9. The number of esters is 1. The van der Waals surface area contributed by atoms with Crippen LogP contribution >= 0.6 is 0 Å². The van der Waals surface area contributed by atoms with E-state index in [0.29, 0.717) is 26.2 Å². The fourth-order valence-electron chi connectivity index (χ4n) is 3.13. The molecule has 3 rings (SSSR count). The van der Waals surface area contributed by atoms with Crippen molar-refractivity contribution in [1.82, 2.24) is 14.5 Å². The minimum Gasteiger partial charge on any atom is -0.459 e. The highest BCUT2D eigenvalue weighted by Gasteiger charge is 2.28. The van der Waals surface area contributed by atoms with E-state index in [9.17, 15) is 22.8 Å². The zero-order valence-corrected chi connectivity index (χ0v) is 18.6. The van der Waals surface area contributed by atoms with Crippen molar-refractivity contribution in [3.05, 3.63) is 54.0 Å². The van der Waals surface area contributed by atoms with Gasteiger partial charge in [0.05, 0.1) is 11.2 Å². The maximum Gasteiger partial charge on any atom is 0.324 e. The molecule has 1 fully saturated rings. The zero-order chi connectivity index (χ0) is 23.3. The standard InChI is InChI=1S/C21H25N3O7S/c1-15-5-7-17(8-6-15)32(28,29)22-16(2)21(27)31-14-19(25)23-9-11-24(12-10-23)20(26)18-4-3-13-30-18/h3-8,13,16,22H,9-12,14H2,1-2H3/t16-/m0/s1. The summed E-state index contributed by atoms with van der Waals surface area (Å²) >= 11 is 0. The molecule has 1 aliphatic heterocycles. The molecule has 1 aliphatic rings. The molecule has 0 saturated carbocycles. The van der Waals surface area contributed by atoms with Crippen LogP contribution in [0.4, 0.5) is 0 Å². The molecule has 10 nitrogen and oxygen atoms in total. The van der Waals surface area contributed by atoms with Gasteiger partial charge >= 0.3 is 5.97 Å². The van der Waals surface area contributed by atoms with Gasteiger partial charge in [0.1, 0.15) is 6.04 Å². The lowest BCUT2D eigenvalue weighted by Gasteiger charge is -2.34. The molecule has 172 valence electrons. The highest BCUT2D eigenvalue weighted by atomic mass is 32.2. The molecule has 1 aromatic heterocycles. The van der Waals surface area contributed by atoms with Crippen molar-refractivity contribution in [3.8, 4) is 0 Å². The fraction of sp³-hybridized carbons (Fsp3) is 0.381. The first kappa shape index (κ1) is 23.5. The van der Waals surface area contributed by atoms with Gasteiger partial charge in [-0.15, -0.1) is 0 Å². The minimum atomic E-state index is -3.90. The van der Waals surface area contributed by atoms with Crippen LogP contribution in [-0.2, 0) is 24.3 Å². The number of hydrogen-bond acceptors (Lipinski definition) is 7. The minimum absolute atomic E-state index is 0.0285. The Morgan fingerprint density at radius 1 is 1.06 bits per heavy atom. The van der Waals surface area contributed by atoms with Gasteiger partial charge < -0.3 is 19.0 Å². The Labute approximate surface area is 186 Å². The molecule has 0 aliphatic carbocycles. The summed E-state index contributed by atoms with van der Waals surface area (Å²) < 4.78 is 37.1. The van der Waals surface area contributed by atoms with Gasteiger partial charge in [0, 0.05) is 26.2 Å². The predicted octanol–water partition coefficient (Wildman–Crippen LogP) is 0.783. The third-order valence-corrected chi connectivity index (χ3v) is 6.56. The third-order valence-electron chi connectivity index (χ3n) is 5.01. The number of rotatable bonds is 7. The first-order valence-electron chi connectivity index (χ1n) is 10.0. The molecule has 2 amide bonds. The van der Waals surface area contributed by atoms with E-state index in [4.69, 9.17) is 9.15 Å². The van der Waals surface area contributed by atoms with Crippen LogP contribution in [0.15, 0.2) is 52.0 Å². The van der Waals surface area contributed by atoms with Crippen LogP contribution in [0.1, 0.15) is 23.0 Å². The van der Waals surface area contributed by atoms with Crippen LogP contribution in [0.5, 0.6) is 0 Å². The molecule has 1 saturated heterocycles. The SMILES string of the molecule is Cc1ccc(S(=O)(=O)N[C@@H](C)C(=O)OCC(=O)N2CCN(C(=O)c3ccco3)CC2)cc1. The van der Waals surface area contributed by atoms with Crippen molar-refractivity contribution >= 4 is 27.8 Å². The predicted molar refractivity (Wildman–Crippen MR) is 113 cm³/mol. The molecule has 0 unspecified atom stereocenters. The van der Waals surface area contributed by atoms with Crippen LogP contribution in [0.3, 0.4) is 0 Å². The summed E-state index contributed by atoms with van der Waals surface area (Å²) in [6, 6.07) is 8.22. The average molecular weight is 464 g/mol. The number of nitrogens with one attached hydrogen (secondary N) is 1. The molecular formula is C21H25N3O7S. The van der Waals surface area contributed by atoms with E-state index in [1.165, 1.54) is 30.2 Å². The largest absolute Gasteiger partial charge is 0.459 e. The van der Waals surface area contributed by atoms with Crippen LogP contribution in [0.2, 0.25) is 0 Å². The van der Waals surface area contributed by atoms with Gasteiger partial charge in [0.2, 0.25) is 10.0 Å². The molecule has 11 heteroatoms. The first-order chi connectivity index (χ1) is 15.2. The summed E-state index contributed by atoms with van der Waals surface area (Å²) in [6.07, 6.45) is 1.42. The van der Waals surface area contributed by atoms with Gasteiger partial charge in [-0.25, -0.2) is 8.42 Å². The Bertz CT molecular complexity index is 1060. The molecule has 1 N–H and O–H groups in total. The maximum absolute atomic E-state index is 12.4. The number of amides is 2. The van der Waals surface area contributed by atoms with Gasteiger partial charge in [-0.1, -0.05) is 17.7 Å². The molecule has 2 aromatic rings. The van der Waals surface area contributed by atoms with Gasteiger partial charge in [-0.3, -0.25) is 14.4 Å². The average Bonchev–Trinajstić information content (AvgIpc) is 3.31. The number of furan rings is 1. The molecule has 0 radical (unpaired) electrons. The molecule has 0 spiro atoms. The number of nitrogens with zero attached hydrogens (tertiary/aromatic N) is 2. The second kappa shape index (κ2) is 9.96. The van der Waals surface area contributed by atoms with Crippen molar-refractivity contribution in [2.75, 3.05) is 32.8 Å². The molecule has 1 aromatic carbocycles. The van der Waals surface area contributed by atoms with Crippen molar-refractivity contribution in [3.63, 3.8) is 0 Å². The summed E-state index contributed by atoms with van der Waals surface area (Å²) in [5.41, 5.74) is 0.904. The summed E-state index contributed by atoms with van der Waals surface area (Å²) in [5.74, 6) is -1.29. The lowest BCUT2D eigenvalue weighted by molar-refractivity contribution is -0.153. The zero-order valence-electron chi connectivity index (χ0n) is 17.8. The summed E-state index contributed by atoms with van der Waals surface area (Å²) in [6.45, 7) is 3.89. The second-order valence-electron chi connectivity index (χ2n) is 7.41. The summed E-state index contributed by atoms with van der Waals surface area (Å²) in [7, 11) is -3.90. The normalized spacial score (nSPS) is 15.3. The topological polar surface area (TPSA) is 126 Å². The number of sulfonamides is 1. The first-order valence-corrected chi connectivity index (χ1v) is 11.5. The molecule has 1 atom stereocenters. The maximum atomic E-state index is 12.4. The Morgan fingerprint density at radius 3 is 2.28 bits per heavy atom. The Hall–Kier alpha value is -3.18. The van der Waals surface area contributed by atoms with Crippen molar-refractivity contribution in [1.29, 1.82) is 0 Å². The number of benzene rings is 1. The van der Waals surface area contributed by atoms with E-state index in [2.05, 4.69) is 4.72 Å². The van der Waals surface area contributed by atoms with E-state index in [-0.39, 0.29) is 16.6 Å². The van der Waals surface area contributed by atoms with Crippen LogP contribution in [0.25, 0.3) is 0 Å². The van der Waals surface area contributed by atoms with Gasteiger partial charge in [-0.2, -0.15) is 4.72 Å². The van der Waals surface area contributed by atoms with Crippen molar-refractivity contribution in [2.24, 2.45) is 0 Å². The van der Waals surface area contributed by atoms with E-state index in [1.54, 1.807) is 29.2 Å². The van der Waals surface area contributed by atoms with E-state index < -0.39 is 34.5 Å².